The van der Waals surface area contributed by atoms with E-state index in [2.05, 4.69) is 103 Å². The lowest BCUT2D eigenvalue weighted by Gasteiger charge is -2.42. The van der Waals surface area contributed by atoms with Crippen LogP contribution in [-0.2, 0) is 22.5 Å². The molecule has 0 aliphatic rings. The molecule has 5 nitrogen and oxygen atoms in total. The Hall–Kier alpha value is -1.15. The Morgan fingerprint density at radius 3 is 1.41 bits per heavy atom. The van der Waals surface area contributed by atoms with Gasteiger partial charge in [0.15, 0.2) is 16.6 Å². The van der Waals surface area contributed by atoms with E-state index in [1.165, 1.54) is 63.0 Å². The van der Waals surface area contributed by atoms with Gasteiger partial charge in [0, 0.05) is 0 Å². The van der Waals surface area contributed by atoms with Crippen LogP contribution in [0, 0.1) is 11.3 Å². The lowest BCUT2D eigenvalue weighted by Crippen LogP contribution is -2.58. The molecule has 2 aromatic carbocycles. The van der Waals surface area contributed by atoms with Gasteiger partial charge in [-0.1, -0.05) is 94.7 Å². The van der Waals surface area contributed by atoms with Crippen LogP contribution in [0.2, 0.25) is 71.5 Å². The Labute approximate surface area is 275 Å². The summed E-state index contributed by atoms with van der Waals surface area (Å²) < 4.78 is 27.4. The van der Waals surface area contributed by atoms with E-state index in [1.54, 1.807) is 0 Å². The average molecular weight is 688 g/mol. The maximum atomic E-state index is 9.07. The monoisotopic (exact) mass is 687 g/mol. The summed E-state index contributed by atoms with van der Waals surface area (Å²) in [5, 5.41) is 9.07. The molecule has 0 spiro atoms. The van der Waals surface area contributed by atoms with Gasteiger partial charge in [-0.05, 0) is 106 Å². The van der Waals surface area contributed by atoms with Gasteiger partial charge < -0.3 is 16.5 Å². The summed E-state index contributed by atoms with van der Waals surface area (Å²) in [5.41, 5.74) is 4.23. The Balaban J connectivity index is 1.88. The molecule has 0 heterocycles. The summed E-state index contributed by atoms with van der Waals surface area (Å²) in [6.07, 6.45) is 10.8. The molecule has 0 amide bonds. The largest absolute Gasteiger partial charge is 0.436 e. The van der Waals surface area contributed by atoms with Gasteiger partial charge in [0.05, 0.1) is 11.6 Å². The fourth-order valence-corrected chi connectivity index (χ4v) is 31.2. The Bertz CT molecular complexity index is 1180. The van der Waals surface area contributed by atoms with Crippen LogP contribution in [0.4, 0.5) is 0 Å². The van der Waals surface area contributed by atoms with Crippen molar-refractivity contribution in [1.82, 2.24) is 0 Å². The van der Waals surface area contributed by atoms with Crippen LogP contribution in [0.1, 0.15) is 69.4 Å². The van der Waals surface area contributed by atoms with Crippen LogP contribution in [0.5, 0.6) is 0 Å². The molecule has 10 heteroatoms. The van der Waals surface area contributed by atoms with Gasteiger partial charge in [0.25, 0.3) is 0 Å². The van der Waals surface area contributed by atoms with E-state index < -0.39 is 42.3 Å². The second kappa shape index (κ2) is 17.1. The van der Waals surface area contributed by atoms with Crippen molar-refractivity contribution in [3.05, 3.63) is 59.7 Å². The molecule has 0 aliphatic heterocycles. The molecule has 0 aromatic heterocycles. The molecule has 0 aliphatic carbocycles. The third kappa shape index (κ3) is 15.4. The van der Waals surface area contributed by atoms with E-state index in [9.17, 15) is 0 Å². The van der Waals surface area contributed by atoms with Gasteiger partial charge in [0.2, 0.25) is 0 Å². The van der Waals surface area contributed by atoms with Crippen LogP contribution in [0.15, 0.2) is 48.5 Å². The van der Waals surface area contributed by atoms with Gasteiger partial charge in [-0.2, -0.15) is 5.26 Å². The zero-order valence-corrected chi connectivity index (χ0v) is 34.8. The summed E-state index contributed by atoms with van der Waals surface area (Å²) in [7, 11) is -11.2. The van der Waals surface area contributed by atoms with Gasteiger partial charge in [-0.25, -0.2) is 0 Å². The van der Waals surface area contributed by atoms with Crippen LogP contribution in [0.25, 0.3) is 11.1 Å². The summed E-state index contributed by atoms with van der Waals surface area (Å²) in [6.45, 7) is 24.6. The molecule has 0 saturated carbocycles. The number of nitrogens with zero attached hydrogens (tertiary/aromatic N) is 1. The topological polar surface area (TPSA) is 60.7 Å². The van der Waals surface area contributed by atoms with E-state index in [-0.39, 0.29) is 0 Å². The second-order valence-electron chi connectivity index (χ2n) is 14.9. The summed E-state index contributed by atoms with van der Waals surface area (Å²) in [5.74, 6) is 0. The summed E-state index contributed by atoms with van der Waals surface area (Å²) in [6, 6.07) is 20.8. The Kier molecular flexibility index (Phi) is 15.2. The third-order valence-corrected chi connectivity index (χ3v) is 26.6. The summed E-state index contributed by atoms with van der Waals surface area (Å²) in [4.78, 5) is 0. The highest BCUT2D eigenvalue weighted by Crippen LogP contribution is 2.29. The number of hydrogen-bond donors (Lipinski definition) is 0. The predicted octanol–water partition coefficient (Wildman–Crippen LogP) is 11.0. The van der Waals surface area contributed by atoms with Gasteiger partial charge in [-0.15, -0.1) is 0 Å². The van der Waals surface area contributed by atoms with Crippen molar-refractivity contribution in [2.75, 3.05) is 0 Å². The summed E-state index contributed by atoms with van der Waals surface area (Å²) >= 11 is 0. The van der Waals surface area contributed by atoms with E-state index >= 15 is 0 Å². The quantitative estimate of drug-likeness (QED) is 0.102. The maximum Gasteiger partial charge on any atom is 0.314 e. The van der Waals surface area contributed by atoms with Crippen molar-refractivity contribution in [2.24, 2.45) is 0 Å². The van der Waals surface area contributed by atoms with E-state index in [1.807, 2.05) is 24.3 Å². The molecule has 0 N–H and O–H groups in total. The third-order valence-electron chi connectivity index (χ3n) is 7.59. The molecule has 246 valence electrons. The molecule has 2 rings (SSSR count). The van der Waals surface area contributed by atoms with Gasteiger partial charge in [-0.3, -0.25) is 0 Å². The van der Waals surface area contributed by atoms with Crippen molar-refractivity contribution < 1.29 is 16.5 Å². The smallest absolute Gasteiger partial charge is 0.314 e. The average Bonchev–Trinajstić information content (AvgIpc) is 2.87. The highest BCUT2D eigenvalue weighted by Gasteiger charge is 2.45. The predicted molar refractivity (Wildman–Crippen MR) is 199 cm³/mol. The number of unbranched alkanes of at least 4 members (excludes halogenated alkanes) is 7. The minimum Gasteiger partial charge on any atom is -0.436 e. The second-order valence-corrected chi connectivity index (χ2v) is 34.5. The first-order valence-electron chi connectivity index (χ1n) is 16.8. The fourth-order valence-electron chi connectivity index (χ4n) is 6.39. The highest BCUT2D eigenvalue weighted by molar-refractivity contribution is 6.90. The molecule has 44 heavy (non-hydrogen) atoms. The van der Waals surface area contributed by atoms with Gasteiger partial charge in [0.1, 0.15) is 0 Å². The molecule has 0 unspecified atom stereocenters. The molecule has 0 radical (unpaired) electrons. The first-order chi connectivity index (χ1) is 20.4. The minimum atomic E-state index is -2.48. The van der Waals surface area contributed by atoms with Crippen LogP contribution >= 0.6 is 0 Å². The van der Waals surface area contributed by atoms with Crippen molar-refractivity contribution >= 4 is 42.3 Å². The van der Waals surface area contributed by atoms with E-state index in [0.29, 0.717) is 5.56 Å². The zero-order chi connectivity index (χ0) is 33.1. The normalized spacial score (nSPS) is 13.2. The lowest BCUT2D eigenvalue weighted by atomic mass is 10.0. The highest BCUT2D eigenvalue weighted by atomic mass is 28.5. The minimum absolute atomic E-state index is 0.680. The van der Waals surface area contributed by atoms with Crippen molar-refractivity contribution in [2.45, 2.75) is 136 Å². The van der Waals surface area contributed by atoms with Crippen LogP contribution < -0.4 is 0 Å². The molecule has 0 fully saturated rings. The molecular weight excluding hydrogens is 627 g/mol. The molecule has 0 saturated heterocycles. The Morgan fingerprint density at radius 2 is 0.932 bits per heavy atom. The maximum absolute atomic E-state index is 9.07. The van der Waals surface area contributed by atoms with Crippen molar-refractivity contribution in [3.63, 3.8) is 0 Å². The number of nitriles is 1. The molecular formula is C34H61NO4Si5. The number of benzene rings is 2. The first-order valence-corrected chi connectivity index (χ1v) is 31.4. The van der Waals surface area contributed by atoms with Crippen LogP contribution in [-0.4, -0.2) is 42.3 Å². The van der Waals surface area contributed by atoms with Crippen molar-refractivity contribution in [3.8, 4) is 17.2 Å². The number of rotatable bonds is 20. The lowest BCUT2D eigenvalue weighted by molar-refractivity contribution is 0.298. The standard InChI is InChI=1S/C34H61NO4Si5/c1-12-13-14-15-16-17-18-19-28-40(2,3)36-42(6,7)38-44(10,11)39-43(8,9)37-41(4,5)30-32-22-26-34(27-23-32)33-24-20-31(29-35)21-25-33/h20-27H,12-19,28,30H2,1-11H3. The SMILES string of the molecule is CCCCCCCCCC[Si](C)(C)O[Si](C)(C)O[Si](C)(C)O[Si](C)(C)O[Si](C)(C)Cc1ccc(-c2ccc(C#N)cc2)cc1. The van der Waals surface area contributed by atoms with E-state index in [0.717, 1.165) is 17.2 Å². The van der Waals surface area contributed by atoms with E-state index in [4.69, 9.17) is 21.7 Å². The Morgan fingerprint density at radius 1 is 0.523 bits per heavy atom. The number of hydrogen-bond acceptors (Lipinski definition) is 5. The van der Waals surface area contributed by atoms with Crippen LogP contribution in [0.3, 0.4) is 0 Å². The van der Waals surface area contributed by atoms with Gasteiger partial charge >= 0.3 is 25.7 Å². The molecule has 2 aromatic rings. The van der Waals surface area contributed by atoms with Crippen molar-refractivity contribution in [1.29, 1.82) is 5.26 Å². The fraction of sp³-hybridized carbons (Fsp3) is 0.618. The molecule has 0 bridgehead atoms. The first kappa shape index (κ1) is 39.0. The molecule has 0 atom stereocenters. The zero-order valence-electron chi connectivity index (χ0n) is 29.8.